The third-order valence-electron chi connectivity index (χ3n) is 3.32. The third-order valence-corrected chi connectivity index (χ3v) is 3.54. The molecule has 0 aromatic heterocycles. The van der Waals surface area contributed by atoms with Crippen LogP contribution < -0.4 is 11.1 Å². The standard InChI is InChI=1S/C17H20N2S/c1-12(2)14-9-7-13(8-10-14)11-19-16-6-4-3-5-15(16)17(18)20/h3-10,12,19H,11H2,1-2H3,(H2,18,20). The van der Waals surface area contributed by atoms with Crippen LogP contribution in [0.5, 0.6) is 0 Å². The van der Waals surface area contributed by atoms with E-state index in [0.717, 1.165) is 17.8 Å². The van der Waals surface area contributed by atoms with E-state index in [-0.39, 0.29) is 0 Å². The first kappa shape index (κ1) is 14.5. The van der Waals surface area contributed by atoms with Crippen LogP contribution in [0.3, 0.4) is 0 Å². The fourth-order valence-electron chi connectivity index (χ4n) is 2.07. The molecule has 3 N–H and O–H groups in total. The molecule has 2 aromatic carbocycles. The molecule has 20 heavy (non-hydrogen) atoms. The van der Waals surface area contributed by atoms with Gasteiger partial charge in [0.1, 0.15) is 4.99 Å². The summed E-state index contributed by atoms with van der Waals surface area (Å²) in [5.41, 5.74) is 10.2. The molecule has 0 heterocycles. The summed E-state index contributed by atoms with van der Waals surface area (Å²) in [7, 11) is 0. The minimum atomic E-state index is 0.420. The van der Waals surface area contributed by atoms with Gasteiger partial charge in [0.05, 0.1) is 0 Å². The predicted molar refractivity (Wildman–Crippen MR) is 90.2 cm³/mol. The number of hydrogen-bond donors (Lipinski definition) is 2. The Bertz CT molecular complexity index is 588. The summed E-state index contributed by atoms with van der Waals surface area (Å²) in [6.45, 7) is 5.16. The molecule has 0 aliphatic carbocycles. The van der Waals surface area contributed by atoms with Crippen molar-refractivity contribution in [3.63, 3.8) is 0 Å². The van der Waals surface area contributed by atoms with Gasteiger partial charge in [-0.1, -0.05) is 62.5 Å². The van der Waals surface area contributed by atoms with E-state index in [2.05, 4.69) is 43.4 Å². The van der Waals surface area contributed by atoms with E-state index in [1.54, 1.807) is 0 Å². The third kappa shape index (κ3) is 3.58. The summed E-state index contributed by atoms with van der Waals surface area (Å²) in [5, 5.41) is 3.39. The molecule has 0 saturated carbocycles. The summed E-state index contributed by atoms with van der Waals surface area (Å²) in [6.07, 6.45) is 0. The second-order valence-electron chi connectivity index (χ2n) is 5.16. The molecule has 0 aliphatic rings. The Morgan fingerprint density at radius 3 is 2.35 bits per heavy atom. The molecule has 0 unspecified atom stereocenters. The van der Waals surface area contributed by atoms with Crippen LogP contribution in [0, 0.1) is 0 Å². The lowest BCUT2D eigenvalue weighted by Gasteiger charge is -2.12. The van der Waals surface area contributed by atoms with Gasteiger partial charge in [0.15, 0.2) is 0 Å². The maximum Gasteiger partial charge on any atom is 0.106 e. The van der Waals surface area contributed by atoms with Crippen LogP contribution in [0.4, 0.5) is 5.69 Å². The van der Waals surface area contributed by atoms with Crippen molar-refractivity contribution in [2.24, 2.45) is 5.73 Å². The highest BCUT2D eigenvalue weighted by atomic mass is 32.1. The van der Waals surface area contributed by atoms with E-state index in [4.69, 9.17) is 18.0 Å². The Morgan fingerprint density at radius 1 is 1.10 bits per heavy atom. The van der Waals surface area contributed by atoms with Gasteiger partial charge in [-0.3, -0.25) is 0 Å². The monoisotopic (exact) mass is 284 g/mol. The average Bonchev–Trinajstić information content (AvgIpc) is 2.45. The lowest BCUT2D eigenvalue weighted by molar-refractivity contribution is 0.865. The Labute approximate surface area is 126 Å². The molecule has 2 rings (SSSR count). The molecule has 0 saturated heterocycles. The van der Waals surface area contributed by atoms with Gasteiger partial charge in [0.25, 0.3) is 0 Å². The fourth-order valence-corrected chi connectivity index (χ4v) is 2.25. The number of rotatable bonds is 5. The number of para-hydroxylation sites is 1. The highest BCUT2D eigenvalue weighted by Gasteiger charge is 2.04. The van der Waals surface area contributed by atoms with E-state index in [9.17, 15) is 0 Å². The zero-order valence-electron chi connectivity index (χ0n) is 11.9. The molecule has 2 aromatic rings. The second kappa shape index (κ2) is 6.53. The first-order valence-corrected chi connectivity index (χ1v) is 7.20. The molecule has 0 aliphatic heterocycles. The van der Waals surface area contributed by atoms with Crippen LogP contribution in [0.25, 0.3) is 0 Å². The van der Waals surface area contributed by atoms with E-state index in [1.807, 2.05) is 24.3 Å². The van der Waals surface area contributed by atoms with Crippen molar-refractivity contribution in [2.45, 2.75) is 26.3 Å². The van der Waals surface area contributed by atoms with Crippen LogP contribution in [0.2, 0.25) is 0 Å². The summed E-state index contributed by atoms with van der Waals surface area (Å²) < 4.78 is 0. The molecule has 0 fully saturated rings. The van der Waals surface area contributed by atoms with Crippen molar-refractivity contribution in [3.8, 4) is 0 Å². The zero-order chi connectivity index (χ0) is 14.5. The van der Waals surface area contributed by atoms with E-state index in [1.165, 1.54) is 11.1 Å². The average molecular weight is 284 g/mol. The molecule has 104 valence electrons. The van der Waals surface area contributed by atoms with Crippen LogP contribution in [-0.4, -0.2) is 4.99 Å². The molecule has 0 atom stereocenters. The Morgan fingerprint density at radius 2 is 1.75 bits per heavy atom. The van der Waals surface area contributed by atoms with Crippen molar-refractivity contribution in [3.05, 3.63) is 65.2 Å². The van der Waals surface area contributed by atoms with E-state index < -0.39 is 0 Å². The zero-order valence-corrected chi connectivity index (χ0v) is 12.7. The molecule has 0 radical (unpaired) electrons. The smallest absolute Gasteiger partial charge is 0.106 e. The summed E-state index contributed by atoms with van der Waals surface area (Å²) in [5.74, 6) is 0.562. The van der Waals surface area contributed by atoms with E-state index in [0.29, 0.717) is 10.9 Å². The van der Waals surface area contributed by atoms with Crippen molar-refractivity contribution in [1.82, 2.24) is 0 Å². The SMILES string of the molecule is CC(C)c1ccc(CNc2ccccc2C(N)=S)cc1. The Hall–Kier alpha value is -1.87. The molecular weight excluding hydrogens is 264 g/mol. The maximum atomic E-state index is 5.73. The van der Waals surface area contributed by atoms with Gasteiger partial charge in [-0.05, 0) is 29.2 Å². The highest BCUT2D eigenvalue weighted by Crippen LogP contribution is 2.18. The van der Waals surface area contributed by atoms with Gasteiger partial charge in [0.2, 0.25) is 0 Å². The maximum absolute atomic E-state index is 5.73. The van der Waals surface area contributed by atoms with Crippen LogP contribution in [0.1, 0.15) is 36.5 Å². The number of anilines is 1. The van der Waals surface area contributed by atoms with Crippen molar-refractivity contribution in [1.29, 1.82) is 0 Å². The highest BCUT2D eigenvalue weighted by molar-refractivity contribution is 7.80. The lowest BCUT2D eigenvalue weighted by atomic mass is 10.0. The fraction of sp³-hybridized carbons (Fsp3) is 0.235. The van der Waals surface area contributed by atoms with Crippen LogP contribution in [-0.2, 0) is 6.54 Å². The molecular formula is C17H20N2S. The van der Waals surface area contributed by atoms with Gasteiger partial charge in [-0.2, -0.15) is 0 Å². The van der Waals surface area contributed by atoms with Gasteiger partial charge in [0, 0.05) is 17.8 Å². The van der Waals surface area contributed by atoms with Gasteiger partial charge in [-0.25, -0.2) is 0 Å². The van der Waals surface area contributed by atoms with Crippen LogP contribution >= 0.6 is 12.2 Å². The molecule has 0 bridgehead atoms. The van der Waals surface area contributed by atoms with Crippen molar-refractivity contribution >= 4 is 22.9 Å². The van der Waals surface area contributed by atoms with Crippen molar-refractivity contribution in [2.75, 3.05) is 5.32 Å². The largest absolute Gasteiger partial charge is 0.389 e. The van der Waals surface area contributed by atoms with E-state index >= 15 is 0 Å². The first-order chi connectivity index (χ1) is 9.58. The molecule has 3 heteroatoms. The number of benzene rings is 2. The van der Waals surface area contributed by atoms with Gasteiger partial charge in [-0.15, -0.1) is 0 Å². The number of hydrogen-bond acceptors (Lipinski definition) is 2. The summed E-state index contributed by atoms with van der Waals surface area (Å²) in [6, 6.07) is 16.5. The normalized spacial score (nSPS) is 10.6. The minimum Gasteiger partial charge on any atom is -0.389 e. The van der Waals surface area contributed by atoms with Crippen LogP contribution in [0.15, 0.2) is 48.5 Å². The molecule has 0 amide bonds. The Kier molecular flexibility index (Phi) is 4.74. The number of nitrogens with two attached hydrogens (primary N) is 1. The molecule has 2 nitrogen and oxygen atoms in total. The minimum absolute atomic E-state index is 0.420. The molecule has 0 spiro atoms. The quantitative estimate of drug-likeness (QED) is 0.813. The number of thiocarbonyl (C=S) groups is 1. The topological polar surface area (TPSA) is 38.0 Å². The second-order valence-corrected chi connectivity index (χ2v) is 5.60. The Balaban J connectivity index is 2.07. The summed E-state index contributed by atoms with van der Waals surface area (Å²) in [4.78, 5) is 0.420. The predicted octanol–water partition coefficient (Wildman–Crippen LogP) is 4.06. The van der Waals surface area contributed by atoms with Gasteiger partial charge >= 0.3 is 0 Å². The van der Waals surface area contributed by atoms with Gasteiger partial charge < -0.3 is 11.1 Å². The number of nitrogens with one attached hydrogen (secondary N) is 1. The summed E-state index contributed by atoms with van der Waals surface area (Å²) >= 11 is 5.06. The first-order valence-electron chi connectivity index (χ1n) is 6.79. The van der Waals surface area contributed by atoms with Crippen molar-refractivity contribution < 1.29 is 0 Å². The lowest BCUT2D eigenvalue weighted by Crippen LogP contribution is -2.13.